The Morgan fingerprint density at radius 1 is 0.587 bits per heavy atom. The number of aromatic hydroxyl groups is 2. The van der Waals surface area contributed by atoms with Crippen LogP contribution in [0.15, 0.2) is 24.3 Å². The molecule has 10 N–H and O–H groups in total. The van der Waals surface area contributed by atoms with Gasteiger partial charge in [-0.1, -0.05) is 0 Å². The summed E-state index contributed by atoms with van der Waals surface area (Å²) in [5, 5.41) is 67.0. The lowest BCUT2D eigenvalue weighted by Gasteiger charge is -2.27. The van der Waals surface area contributed by atoms with E-state index in [1.807, 2.05) is 10.6 Å². The molecule has 0 bridgehead atoms. The van der Waals surface area contributed by atoms with E-state index in [0.29, 0.717) is 0 Å². The Bertz CT molecular complexity index is 1400. The van der Waals surface area contributed by atoms with Crippen LogP contribution in [-0.4, -0.2) is 142 Å². The van der Waals surface area contributed by atoms with Crippen molar-refractivity contribution in [3.63, 3.8) is 0 Å². The van der Waals surface area contributed by atoms with Crippen molar-refractivity contribution in [1.82, 2.24) is 20.4 Å². The normalized spacial score (nSPS) is 11.6. The van der Waals surface area contributed by atoms with Crippen molar-refractivity contribution in [2.45, 2.75) is 0 Å². The molecule has 248 valence electrons. The van der Waals surface area contributed by atoms with Crippen LogP contribution in [0.2, 0.25) is 0 Å². The quantitative estimate of drug-likeness (QED) is 0.0825. The molecule has 0 saturated carbocycles. The number of nitrogens with one attached hydrogen (secondary N) is 4. The fraction of sp³-hybridized carbons (Fsp3) is 0.357. The molecule has 0 spiro atoms. The van der Waals surface area contributed by atoms with Crippen LogP contribution in [-0.2, 0) is 9.59 Å². The van der Waals surface area contributed by atoms with E-state index < -0.39 is 84.5 Å². The third kappa shape index (κ3) is 8.30. The first-order valence-corrected chi connectivity index (χ1v) is 13.9. The molecule has 0 heterocycles. The van der Waals surface area contributed by atoms with Crippen molar-refractivity contribution < 1.29 is 59.4 Å². The Kier molecular flexibility index (Phi) is 12.1. The Hall–Kier alpha value is -5.62. The summed E-state index contributed by atoms with van der Waals surface area (Å²) in [6, 6.07) is 5.04. The minimum Gasteiger partial charge on any atom is -0.507 e. The molecule has 0 fully saturated rings. The highest BCUT2D eigenvalue weighted by molar-refractivity contribution is 6.33. The third-order valence-electron chi connectivity index (χ3n) is 6.90. The molecule has 0 atom stereocenters. The summed E-state index contributed by atoms with van der Waals surface area (Å²) in [6.45, 7) is -2.19. The van der Waals surface area contributed by atoms with Crippen molar-refractivity contribution in [2.75, 3.05) is 76.2 Å². The maximum atomic E-state index is 13.8. The van der Waals surface area contributed by atoms with Gasteiger partial charge in [0, 0.05) is 50.6 Å². The van der Waals surface area contributed by atoms with E-state index in [0.717, 1.165) is 12.1 Å². The number of fused-ring (bicyclic) bond motifs is 2. The maximum absolute atomic E-state index is 13.8. The van der Waals surface area contributed by atoms with E-state index in [4.69, 9.17) is 10.2 Å². The summed E-state index contributed by atoms with van der Waals surface area (Å²) in [6.07, 6.45) is -2.81. The largest absolute Gasteiger partial charge is 0.507 e. The van der Waals surface area contributed by atoms with E-state index in [1.54, 1.807) is 0 Å². The number of carbonyl (C=O) groups excluding carboxylic acids is 4. The molecule has 2 aromatic carbocycles. The lowest BCUT2D eigenvalue weighted by Crippen LogP contribution is -2.43. The molecule has 18 nitrogen and oxygen atoms in total. The number of nitrogens with zero attached hydrogens (tertiary/aromatic N) is 2. The minimum absolute atomic E-state index is 0.0129. The van der Waals surface area contributed by atoms with E-state index in [1.165, 1.54) is 21.9 Å². The summed E-state index contributed by atoms with van der Waals surface area (Å²) in [5.74, 6) is -3.91. The number of aliphatic hydroxyl groups excluding tert-OH is 2. The average molecular weight is 647 g/mol. The van der Waals surface area contributed by atoms with Gasteiger partial charge in [-0.2, -0.15) is 0 Å². The molecule has 4 amide bonds. The number of phenolic OH excluding ortho intramolecular Hbond substituents is 2. The lowest BCUT2D eigenvalue weighted by atomic mass is 9.81. The van der Waals surface area contributed by atoms with E-state index in [2.05, 4.69) is 10.6 Å². The number of anilines is 2. The van der Waals surface area contributed by atoms with E-state index >= 15 is 0 Å². The molecule has 0 unspecified atom stereocenters. The van der Waals surface area contributed by atoms with Gasteiger partial charge in [-0.3, -0.25) is 19.2 Å². The van der Waals surface area contributed by atoms with Gasteiger partial charge in [0.05, 0.1) is 35.5 Å². The van der Waals surface area contributed by atoms with Gasteiger partial charge in [0.15, 0.2) is 0 Å². The number of benzene rings is 2. The van der Waals surface area contributed by atoms with Gasteiger partial charge in [0.25, 0.3) is 0 Å². The zero-order valence-electron chi connectivity index (χ0n) is 24.4. The van der Waals surface area contributed by atoms with Crippen LogP contribution in [0.3, 0.4) is 0 Å². The van der Waals surface area contributed by atoms with E-state index in [9.17, 15) is 49.2 Å². The number of amides is 4. The molecule has 2 aromatic rings. The highest BCUT2D eigenvalue weighted by Crippen LogP contribution is 2.42. The molecule has 1 aliphatic rings. The van der Waals surface area contributed by atoms with Crippen molar-refractivity contribution in [3.05, 3.63) is 46.5 Å². The monoisotopic (exact) mass is 646 g/mol. The topological polar surface area (TPSA) is 278 Å². The number of phenols is 2. The lowest BCUT2D eigenvalue weighted by molar-refractivity contribution is -0.131. The Labute approximate surface area is 261 Å². The van der Waals surface area contributed by atoms with Gasteiger partial charge < -0.3 is 61.7 Å². The number of rotatable bonds is 16. The first-order valence-electron chi connectivity index (χ1n) is 13.9. The molecule has 0 aromatic heterocycles. The van der Waals surface area contributed by atoms with Crippen molar-refractivity contribution >= 4 is 46.9 Å². The van der Waals surface area contributed by atoms with Crippen molar-refractivity contribution in [3.8, 4) is 11.5 Å². The van der Waals surface area contributed by atoms with Gasteiger partial charge in [-0.05, 0) is 24.3 Å². The highest BCUT2D eigenvalue weighted by atomic mass is 16.4. The fourth-order valence-corrected chi connectivity index (χ4v) is 4.80. The number of carboxylic acid groups (broad SMARTS) is 2. The molecular formula is C28H34N6O12. The second kappa shape index (κ2) is 15.9. The standard InChI is InChI=1S/C28H34N6O12/c35-11-9-33(19(39)13-31-27(43)44)7-5-29-15-1-2-16(30-6-8-34(10-12-36)20(40)14-32-28(45)46)22-21(15)25(41)23-17(37)3-4-18(38)24(23)26(22)42/h1-4,29-32,35-38H,5-14H2,(H,43,44)(H,45,46). The first-order chi connectivity index (χ1) is 21.9. The molecule has 3 rings (SSSR count). The number of hydrogen-bond donors (Lipinski definition) is 10. The Morgan fingerprint density at radius 2 is 0.957 bits per heavy atom. The van der Waals surface area contributed by atoms with Gasteiger partial charge in [0.1, 0.15) is 24.6 Å². The molecule has 46 heavy (non-hydrogen) atoms. The third-order valence-corrected chi connectivity index (χ3v) is 6.90. The smallest absolute Gasteiger partial charge is 0.405 e. The van der Waals surface area contributed by atoms with Crippen LogP contribution in [0.4, 0.5) is 21.0 Å². The second-order valence-electron chi connectivity index (χ2n) is 9.80. The van der Waals surface area contributed by atoms with Crippen LogP contribution in [0.25, 0.3) is 0 Å². The highest BCUT2D eigenvalue weighted by Gasteiger charge is 2.38. The van der Waals surface area contributed by atoms with Crippen molar-refractivity contribution in [2.24, 2.45) is 0 Å². The first kappa shape index (κ1) is 34.9. The minimum atomic E-state index is -1.41. The van der Waals surface area contributed by atoms with Crippen LogP contribution in [0.5, 0.6) is 11.5 Å². The second-order valence-corrected chi connectivity index (χ2v) is 9.80. The SMILES string of the molecule is O=C(O)NCC(=O)N(CCO)CCNc1ccc(NCCN(CCO)C(=O)CNC(=O)O)c2c1C(=O)c1c(O)ccc(O)c1C2=O. The molecule has 1 aliphatic carbocycles. The summed E-state index contributed by atoms with van der Waals surface area (Å²) in [5.41, 5.74) is -0.899. The van der Waals surface area contributed by atoms with E-state index in [-0.39, 0.29) is 61.8 Å². The zero-order valence-corrected chi connectivity index (χ0v) is 24.4. The zero-order chi connectivity index (χ0) is 34.0. The Morgan fingerprint density at radius 3 is 1.28 bits per heavy atom. The maximum Gasteiger partial charge on any atom is 0.405 e. The van der Waals surface area contributed by atoms with Gasteiger partial charge in [0.2, 0.25) is 23.4 Å². The molecule has 0 radical (unpaired) electrons. The summed E-state index contributed by atoms with van der Waals surface area (Å²) in [4.78, 5) is 76.2. The molecule has 0 saturated heterocycles. The number of hydrogen-bond acceptors (Lipinski definition) is 12. The summed E-state index contributed by atoms with van der Waals surface area (Å²) >= 11 is 0. The molecule has 0 aliphatic heterocycles. The Balaban J connectivity index is 1.90. The van der Waals surface area contributed by atoms with Crippen LogP contribution in [0, 0.1) is 0 Å². The van der Waals surface area contributed by atoms with Gasteiger partial charge in [-0.25, -0.2) is 9.59 Å². The predicted octanol–water partition coefficient (Wildman–Crippen LogP) is -1.13. The number of aliphatic hydroxyl groups is 2. The summed E-state index contributed by atoms with van der Waals surface area (Å²) in [7, 11) is 0. The fourth-order valence-electron chi connectivity index (χ4n) is 4.80. The summed E-state index contributed by atoms with van der Waals surface area (Å²) < 4.78 is 0. The predicted molar refractivity (Wildman–Crippen MR) is 159 cm³/mol. The van der Waals surface area contributed by atoms with Gasteiger partial charge in [-0.15, -0.1) is 0 Å². The molecular weight excluding hydrogens is 612 g/mol. The average Bonchev–Trinajstić information content (AvgIpc) is 3.01. The van der Waals surface area contributed by atoms with Crippen molar-refractivity contribution in [1.29, 1.82) is 0 Å². The number of carbonyl (C=O) groups is 6. The number of ketones is 2. The van der Waals surface area contributed by atoms with Crippen LogP contribution >= 0.6 is 0 Å². The molecule has 18 heteroatoms. The van der Waals surface area contributed by atoms with Crippen LogP contribution < -0.4 is 21.3 Å². The van der Waals surface area contributed by atoms with Crippen LogP contribution in [0.1, 0.15) is 31.8 Å². The van der Waals surface area contributed by atoms with Gasteiger partial charge >= 0.3 is 12.2 Å².